The summed E-state index contributed by atoms with van der Waals surface area (Å²) < 4.78 is 2.28. The van der Waals surface area contributed by atoms with Crippen LogP contribution >= 0.6 is 0 Å². The van der Waals surface area contributed by atoms with Gasteiger partial charge in [-0.25, -0.2) is 4.98 Å². The molecule has 0 spiro atoms. The maximum absolute atomic E-state index is 9.76. The Balaban J connectivity index is 1.06. The number of pyridine rings is 1. The molecule has 3 heteroatoms. The van der Waals surface area contributed by atoms with E-state index >= 15 is 0 Å². The second-order valence-electron chi connectivity index (χ2n) is 14.3. The van der Waals surface area contributed by atoms with E-state index in [-0.39, 0.29) is 0 Å². The summed E-state index contributed by atoms with van der Waals surface area (Å²) in [5.74, 6) is 0. The number of hydrogen-bond acceptors (Lipinski definition) is 2. The average Bonchev–Trinajstić information content (AvgIpc) is 3.58. The Kier molecular flexibility index (Phi) is 6.92. The van der Waals surface area contributed by atoms with Gasteiger partial charge in [0, 0.05) is 38.2 Å². The first kappa shape index (κ1) is 31.0. The summed E-state index contributed by atoms with van der Waals surface area (Å²) in [7, 11) is 0. The van der Waals surface area contributed by atoms with E-state index in [9.17, 15) is 5.26 Å². The van der Waals surface area contributed by atoms with Crippen molar-refractivity contribution in [2.75, 3.05) is 0 Å². The van der Waals surface area contributed by atoms with E-state index in [1.54, 1.807) is 0 Å². The minimum Gasteiger partial charge on any atom is -0.309 e. The van der Waals surface area contributed by atoms with Crippen LogP contribution in [0.1, 0.15) is 5.56 Å². The molecule has 0 saturated heterocycles. The highest BCUT2D eigenvalue weighted by atomic mass is 15.0. The molecule has 0 fully saturated rings. The first-order chi connectivity index (χ1) is 27.2. The number of benzene rings is 9. The van der Waals surface area contributed by atoms with E-state index in [1.807, 2.05) is 18.2 Å². The van der Waals surface area contributed by atoms with Gasteiger partial charge >= 0.3 is 0 Å². The molecule has 0 amide bonds. The lowest BCUT2D eigenvalue weighted by molar-refractivity contribution is 1.18. The molecule has 11 rings (SSSR count). The van der Waals surface area contributed by atoms with Crippen molar-refractivity contribution in [1.82, 2.24) is 9.55 Å². The summed E-state index contributed by atoms with van der Waals surface area (Å²) in [4.78, 5) is 5.43. The fourth-order valence-electron chi connectivity index (χ4n) is 8.49. The maximum Gasteiger partial charge on any atom is 0.0991 e. The SMILES string of the molecule is N#Cc1ccc2c(c1)c1cc(-c3ccc(-c4nc5cc(-c6ccc7ccccc7c6)ccc5c5c4ccc4ccccc45)cc3)ccc1n2-c1ccccc1. The minimum atomic E-state index is 0.654. The first-order valence-corrected chi connectivity index (χ1v) is 18.6. The van der Waals surface area contributed by atoms with Gasteiger partial charge in [-0.15, -0.1) is 0 Å². The molecule has 0 aliphatic carbocycles. The van der Waals surface area contributed by atoms with Crippen LogP contribution in [-0.4, -0.2) is 9.55 Å². The van der Waals surface area contributed by atoms with Crippen molar-refractivity contribution >= 4 is 65.0 Å². The van der Waals surface area contributed by atoms with Crippen LogP contribution in [-0.2, 0) is 0 Å². The number of nitrogens with zero attached hydrogens (tertiary/aromatic N) is 3. The third-order valence-electron chi connectivity index (χ3n) is 11.2. The van der Waals surface area contributed by atoms with Gasteiger partial charge in [0.05, 0.1) is 33.9 Å². The Bertz CT molecular complexity index is 3370. The van der Waals surface area contributed by atoms with Crippen LogP contribution in [0.4, 0.5) is 0 Å². The highest BCUT2D eigenvalue weighted by Crippen LogP contribution is 2.40. The van der Waals surface area contributed by atoms with Crippen LogP contribution in [0, 0.1) is 11.3 Å². The van der Waals surface area contributed by atoms with E-state index in [2.05, 4.69) is 180 Å². The molecule has 254 valence electrons. The lowest BCUT2D eigenvalue weighted by atomic mass is 9.93. The Labute approximate surface area is 317 Å². The molecule has 3 nitrogen and oxygen atoms in total. The topological polar surface area (TPSA) is 41.6 Å². The van der Waals surface area contributed by atoms with Crippen LogP contribution in [0.25, 0.3) is 104 Å². The molecule has 0 N–H and O–H groups in total. The van der Waals surface area contributed by atoms with Crippen LogP contribution in [0.3, 0.4) is 0 Å². The molecule has 0 atom stereocenters. The Hall–Kier alpha value is -7.54. The van der Waals surface area contributed by atoms with Gasteiger partial charge in [0.1, 0.15) is 0 Å². The van der Waals surface area contributed by atoms with Gasteiger partial charge in [0.25, 0.3) is 0 Å². The fourth-order valence-corrected chi connectivity index (χ4v) is 8.49. The third kappa shape index (κ3) is 5.00. The van der Waals surface area contributed by atoms with Gasteiger partial charge in [0.2, 0.25) is 0 Å². The molecule has 9 aromatic carbocycles. The average molecular weight is 698 g/mol. The number of fused-ring (bicyclic) bond motifs is 9. The van der Waals surface area contributed by atoms with Gasteiger partial charge in [-0.2, -0.15) is 5.26 Å². The molecular weight excluding hydrogens is 667 g/mol. The number of aromatic nitrogens is 2. The lowest BCUT2D eigenvalue weighted by Crippen LogP contribution is -1.93. The molecule has 0 unspecified atom stereocenters. The van der Waals surface area contributed by atoms with Gasteiger partial charge < -0.3 is 4.57 Å². The second kappa shape index (κ2) is 12.3. The van der Waals surface area contributed by atoms with Gasteiger partial charge in [-0.1, -0.05) is 133 Å². The molecule has 2 heterocycles. The second-order valence-corrected chi connectivity index (χ2v) is 14.3. The predicted molar refractivity (Wildman–Crippen MR) is 230 cm³/mol. The van der Waals surface area contributed by atoms with Crippen molar-refractivity contribution in [3.63, 3.8) is 0 Å². The summed E-state index contributed by atoms with van der Waals surface area (Å²) in [5, 5.41) is 20.4. The van der Waals surface area contributed by atoms with Crippen molar-refractivity contribution in [3.8, 4) is 45.3 Å². The highest BCUT2D eigenvalue weighted by Gasteiger charge is 2.17. The fraction of sp³-hybridized carbons (Fsp3) is 0. The quantitative estimate of drug-likeness (QED) is 0.172. The van der Waals surface area contributed by atoms with E-state index in [4.69, 9.17) is 4.98 Å². The molecule has 0 aliphatic heterocycles. The van der Waals surface area contributed by atoms with Crippen LogP contribution in [0.5, 0.6) is 0 Å². The summed E-state index contributed by atoms with van der Waals surface area (Å²) in [5.41, 5.74) is 11.5. The van der Waals surface area contributed by atoms with E-state index in [1.165, 1.54) is 32.5 Å². The summed E-state index contributed by atoms with van der Waals surface area (Å²) >= 11 is 0. The van der Waals surface area contributed by atoms with Crippen molar-refractivity contribution < 1.29 is 0 Å². The first-order valence-electron chi connectivity index (χ1n) is 18.6. The zero-order chi connectivity index (χ0) is 36.5. The van der Waals surface area contributed by atoms with Crippen LogP contribution in [0.15, 0.2) is 188 Å². The van der Waals surface area contributed by atoms with Gasteiger partial charge in [0.15, 0.2) is 0 Å². The molecular formula is C52H31N3. The maximum atomic E-state index is 9.76. The predicted octanol–water partition coefficient (Wildman–Crippen LogP) is 13.7. The minimum absolute atomic E-state index is 0.654. The highest BCUT2D eigenvalue weighted by molar-refractivity contribution is 6.22. The van der Waals surface area contributed by atoms with E-state index < -0.39 is 0 Å². The monoisotopic (exact) mass is 697 g/mol. The molecule has 11 aromatic rings. The zero-order valence-corrected chi connectivity index (χ0v) is 29.7. The smallest absolute Gasteiger partial charge is 0.0991 e. The Morgan fingerprint density at radius 3 is 1.84 bits per heavy atom. The lowest BCUT2D eigenvalue weighted by Gasteiger charge is -2.14. The molecule has 0 bridgehead atoms. The summed E-state index contributed by atoms with van der Waals surface area (Å²) in [6.07, 6.45) is 0. The summed E-state index contributed by atoms with van der Waals surface area (Å²) in [6, 6.07) is 69.2. The van der Waals surface area contributed by atoms with Crippen molar-refractivity contribution in [1.29, 1.82) is 5.26 Å². The molecule has 0 radical (unpaired) electrons. The molecule has 0 saturated carbocycles. The van der Waals surface area contributed by atoms with Crippen molar-refractivity contribution in [2.24, 2.45) is 0 Å². The summed E-state index contributed by atoms with van der Waals surface area (Å²) in [6.45, 7) is 0. The van der Waals surface area contributed by atoms with Crippen molar-refractivity contribution in [3.05, 3.63) is 194 Å². The zero-order valence-electron chi connectivity index (χ0n) is 29.7. The number of para-hydroxylation sites is 1. The number of rotatable bonds is 4. The largest absolute Gasteiger partial charge is 0.309 e. The Morgan fingerprint density at radius 2 is 1.00 bits per heavy atom. The third-order valence-corrected chi connectivity index (χ3v) is 11.2. The van der Waals surface area contributed by atoms with Crippen LogP contribution < -0.4 is 0 Å². The molecule has 0 aliphatic rings. The number of nitriles is 1. The molecule has 55 heavy (non-hydrogen) atoms. The standard InChI is InChI=1S/C52H31N3/c53-32-33-14-26-49-46(28-33)47-30-40(23-27-50(47)55(49)42-11-2-1-3-12-42)35-15-18-37(19-16-35)52-45-25-21-36-9-6-7-13-43(36)51(45)44-24-22-41(31-48(44)54-52)39-20-17-34-8-4-5-10-38(34)29-39/h1-31H. The van der Waals surface area contributed by atoms with Gasteiger partial charge in [-0.05, 0) is 98.4 Å². The van der Waals surface area contributed by atoms with Crippen LogP contribution in [0.2, 0.25) is 0 Å². The van der Waals surface area contributed by atoms with E-state index in [0.29, 0.717) is 5.56 Å². The Morgan fingerprint density at radius 1 is 0.400 bits per heavy atom. The van der Waals surface area contributed by atoms with Crippen molar-refractivity contribution in [2.45, 2.75) is 0 Å². The number of hydrogen-bond donors (Lipinski definition) is 0. The van der Waals surface area contributed by atoms with Gasteiger partial charge in [-0.3, -0.25) is 0 Å². The normalized spacial score (nSPS) is 11.6. The van der Waals surface area contributed by atoms with E-state index in [0.717, 1.165) is 71.7 Å². The molecule has 2 aromatic heterocycles.